The summed E-state index contributed by atoms with van der Waals surface area (Å²) in [5.41, 5.74) is 5.57. The van der Waals surface area contributed by atoms with Crippen molar-refractivity contribution >= 4 is 44.6 Å². The highest BCUT2D eigenvalue weighted by Gasteiger charge is 2.38. The van der Waals surface area contributed by atoms with Crippen molar-refractivity contribution in [3.8, 4) is 0 Å². The summed E-state index contributed by atoms with van der Waals surface area (Å²) in [6, 6.07) is 16.8. The first-order chi connectivity index (χ1) is 15.7. The maximum atomic E-state index is 13.2. The van der Waals surface area contributed by atoms with Gasteiger partial charge in [-0.05, 0) is 79.3 Å². The van der Waals surface area contributed by atoms with E-state index >= 15 is 0 Å². The van der Waals surface area contributed by atoms with Gasteiger partial charge in [-0.2, -0.15) is 0 Å². The first-order valence-corrected chi connectivity index (χ1v) is 13.1. The van der Waals surface area contributed by atoms with Crippen molar-refractivity contribution < 1.29 is 8.42 Å². The van der Waals surface area contributed by atoms with E-state index in [0.29, 0.717) is 15.7 Å². The number of allylic oxidation sites excluding steroid dienone is 2. The molecule has 0 spiro atoms. The second-order valence-electron chi connectivity index (χ2n) is 8.82. The summed E-state index contributed by atoms with van der Waals surface area (Å²) in [5.74, 6) is 0.386. The molecular weight excluding hydrogens is 475 g/mol. The average molecular weight is 499 g/mol. The second-order valence-corrected chi connectivity index (χ2v) is 11.3. The molecule has 4 nitrogen and oxygen atoms in total. The third-order valence-corrected chi connectivity index (χ3v) is 8.68. The summed E-state index contributed by atoms with van der Waals surface area (Å²) in [5, 5.41) is 4.68. The molecule has 5 rings (SSSR count). The molecule has 0 saturated heterocycles. The van der Waals surface area contributed by atoms with E-state index in [0.717, 1.165) is 34.4 Å². The molecule has 2 aliphatic rings. The van der Waals surface area contributed by atoms with Gasteiger partial charge in [-0.25, -0.2) is 8.42 Å². The number of fused-ring (bicyclic) bond motifs is 3. The molecule has 0 saturated carbocycles. The van der Waals surface area contributed by atoms with Gasteiger partial charge in [-0.3, -0.25) is 4.72 Å². The number of sulfonamides is 1. The Balaban J connectivity index is 1.49. The predicted molar refractivity (Wildman–Crippen MR) is 136 cm³/mol. The molecule has 1 aliphatic heterocycles. The second kappa shape index (κ2) is 8.39. The Kier molecular flexibility index (Phi) is 5.68. The molecule has 3 atom stereocenters. The van der Waals surface area contributed by atoms with Crippen LogP contribution in [0, 0.1) is 19.8 Å². The Morgan fingerprint density at radius 1 is 0.970 bits per heavy atom. The van der Waals surface area contributed by atoms with Crippen LogP contribution in [0.25, 0.3) is 0 Å². The van der Waals surface area contributed by atoms with Gasteiger partial charge < -0.3 is 5.32 Å². The molecule has 1 heterocycles. The number of nitrogens with one attached hydrogen (secondary N) is 2. The molecule has 33 heavy (non-hydrogen) atoms. The molecule has 0 unspecified atom stereocenters. The molecule has 2 N–H and O–H groups in total. The van der Waals surface area contributed by atoms with E-state index in [-0.39, 0.29) is 22.8 Å². The van der Waals surface area contributed by atoms with Gasteiger partial charge in [-0.1, -0.05) is 59.1 Å². The van der Waals surface area contributed by atoms with E-state index in [1.165, 1.54) is 0 Å². The highest BCUT2D eigenvalue weighted by Crippen LogP contribution is 2.50. The van der Waals surface area contributed by atoms with Gasteiger partial charge in [0.2, 0.25) is 0 Å². The minimum Gasteiger partial charge on any atom is -0.378 e. The molecule has 0 fully saturated rings. The van der Waals surface area contributed by atoms with Crippen molar-refractivity contribution in [2.75, 3.05) is 10.0 Å². The SMILES string of the molecule is Cc1ccc(NS(=O)(=O)c2ccc3c(c2)[C@@H]2C=CC[C@@H]2[C@H](c2ccc(Cl)c(Cl)c2)N3)c(C)c1. The van der Waals surface area contributed by atoms with Crippen LogP contribution < -0.4 is 10.0 Å². The van der Waals surface area contributed by atoms with Crippen LogP contribution in [0.1, 0.15) is 40.6 Å². The predicted octanol–water partition coefficient (Wildman–Crippen LogP) is 7.24. The molecule has 170 valence electrons. The van der Waals surface area contributed by atoms with Crippen LogP contribution in [0.4, 0.5) is 11.4 Å². The quantitative estimate of drug-likeness (QED) is 0.372. The normalized spacial score (nSPS) is 21.3. The number of rotatable bonds is 4. The topological polar surface area (TPSA) is 58.2 Å². The van der Waals surface area contributed by atoms with Crippen LogP contribution in [-0.4, -0.2) is 8.42 Å². The van der Waals surface area contributed by atoms with E-state index in [1.54, 1.807) is 18.2 Å². The highest BCUT2D eigenvalue weighted by molar-refractivity contribution is 7.92. The van der Waals surface area contributed by atoms with Crippen LogP contribution in [0.2, 0.25) is 10.0 Å². The molecule has 0 radical (unpaired) electrons. The minimum absolute atomic E-state index is 0.0584. The van der Waals surface area contributed by atoms with E-state index in [1.807, 2.05) is 50.2 Å². The summed E-state index contributed by atoms with van der Waals surface area (Å²) in [6.45, 7) is 3.89. The van der Waals surface area contributed by atoms with Gasteiger partial charge in [-0.15, -0.1) is 0 Å². The third-order valence-electron chi connectivity index (χ3n) is 6.57. The van der Waals surface area contributed by atoms with Crippen LogP contribution in [0.5, 0.6) is 0 Å². The Morgan fingerprint density at radius 2 is 1.79 bits per heavy atom. The zero-order valence-corrected chi connectivity index (χ0v) is 20.6. The molecule has 0 amide bonds. The van der Waals surface area contributed by atoms with Crippen LogP contribution in [-0.2, 0) is 10.0 Å². The first kappa shape index (κ1) is 22.3. The fraction of sp³-hybridized carbons (Fsp3) is 0.231. The van der Waals surface area contributed by atoms with Gasteiger partial charge in [0.25, 0.3) is 10.0 Å². The van der Waals surface area contributed by atoms with E-state index in [4.69, 9.17) is 23.2 Å². The number of hydrogen-bond acceptors (Lipinski definition) is 3. The van der Waals surface area contributed by atoms with E-state index < -0.39 is 10.0 Å². The lowest BCUT2D eigenvalue weighted by Crippen LogP contribution is -2.29. The lowest BCUT2D eigenvalue weighted by atomic mass is 9.77. The largest absolute Gasteiger partial charge is 0.378 e. The average Bonchev–Trinajstić information content (AvgIpc) is 3.27. The standard InChI is InChI=1S/C26H24Cl2N2O2S/c1-15-6-10-24(16(2)12-15)30-33(31,32)18-8-11-25-21(14-18)19-4-3-5-20(19)26(29-25)17-7-9-22(27)23(28)13-17/h3-4,6-14,19-20,26,29-30H,5H2,1-2H3/t19-,20+,26+/m1/s1. The van der Waals surface area contributed by atoms with Crippen LogP contribution >= 0.6 is 23.2 Å². The summed E-state index contributed by atoms with van der Waals surface area (Å²) in [4.78, 5) is 0.259. The van der Waals surface area contributed by atoms with Crippen molar-refractivity contribution in [2.24, 2.45) is 5.92 Å². The van der Waals surface area contributed by atoms with Crippen molar-refractivity contribution in [1.82, 2.24) is 0 Å². The first-order valence-electron chi connectivity index (χ1n) is 10.8. The van der Waals surface area contributed by atoms with Gasteiger partial charge in [0.05, 0.1) is 26.7 Å². The van der Waals surface area contributed by atoms with Crippen molar-refractivity contribution in [2.45, 2.75) is 37.1 Å². The smallest absolute Gasteiger partial charge is 0.261 e. The maximum Gasteiger partial charge on any atom is 0.261 e. The van der Waals surface area contributed by atoms with Gasteiger partial charge >= 0.3 is 0 Å². The van der Waals surface area contributed by atoms with Crippen LogP contribution in [0.15, 0.2) is 71.6 Å². The summed E-state index contributed by atoms with van der Waals surface area (Å²) in [7, 11) is -3.72. The monoisotopic (exact) mass is 498 g/mol. The fourth-order valence-corrected chi connectivity index (χ4v) is 6.38. The van der Waals surface area contributed by atoms with Crippen molar-refractivity contribution in [3.05, 3.63) is 99.0 Å². The summed E-state index contributed by atoms with van der Waals surface area (Å²) < 4.78 is 29.1. The zero-order chi connectivity index (χ0) is 23.3. The minimum atomic E-state index is -3.72. The summed E-state index contributed by atoms with van der Waals surface area (Å²) in [6.07, 6.45) is 5.26. The molecule has 3 aromatic carbocycles. The van der Waals surface area contributed by atoms with Crippen molar-refractivity contribution in [1.29, 1.82) is 0 Å². The Hall–Kier alpha value is -2.47. The van der Waals surface area contributed by atoms with E-state index in [9.17, 15) is 8.42 Å². The number of hydrogen-bond donors (Lipinski definition) is 2. The Labute approximate surface area is 204 Å². The molecule has 0 aromatic heterocycles. The van der Waals surface area contributed by atoms with Gasteiger partial charge in [0.1, 0.15) is 0 Å². The molecule has 1 aliphatic carbocycles. The highest BCUT2D eigenvalue weighted by atomic mass is 35.5. The summed E-state index contributed by atoms with van der Waals surface area (Å²) >= 11 is 12.4. The lowest BCUT2D eigenvalue weighted by Gasteiger charge is -2.37. The van der Waals surface area contributed by atoms with E-state index in [2.05, 4.69) is 22.2 Å². The van der Waals surface area contributed by atoms with Gasteiger partial charge in [0, 0.05) is 11.6 Å². The Bertz CT molecular complexity index is 1390. The maximum absolute atomic E-state index is 13.2. The lowest BCUT2D eigenvalue weighted by molar-refractivity contribution is 0.425. The van der Waals surface area contributed by atoms with Gasteiger partial charge in [0.15, 0.2) is 0 Å². The molecule has 7 heteroatoms. The molecule has 3 aromatic rings. The molecule has 0 bridgehead atoms. The molecular formula is C26H24Cl2N2O2S. The number of anilines is 2. The fourth-order valence-electron chi connectivity index (χ4n) is 4.91. The Morgan fingerprint density at radius 3 is 2.55 bits per heavy atom. The van der Waals surface area contributed by atoms with Crippen molar-refractivity contribution in [3.63, 3.8) is 0 Å². The third kappa shape index (κ3) is 4.14. The number of halogens is 2. The number of benzene rings is 3. The number of aryl methyl sites for hydroxylation is 2. The zero-order valence-electron chi connectivity index (χ0n) is 18.3. The van der Waals surface area contributed by atoms with Crippen LogP contribution in [0.3, 0.4) is 0 Å².